The van der Waals surface area contributed by atoms with Crippen LogP contribution in [0.5, 0.6) is 0 Å². The summed E-state index contributed by atoms with van der Waals surface area (Å²) in [7, 11) is 0. The van der Waals surface area contributed by atoms with Crippen molar-refractivity contribution in [3.05, 3.63) is 47.5 Å². The monoisotopic (exact) mass is 242 g/mol. The number of benzene rings is 2. The van der Waals surface area contributed by atoms with Crippen molar-refractivity contribution in [3.8, 4) is 0 Å². The van der Waals surface area contributed by atoms with Crippen molar-refractivity contribution in [3.63, 3.8) is 0 Å². The van der Waals surface area contributed by atoms with Crippen LogP contribution < -0.4 is 0 Å². The molecule has 0 amide bonds. The summed E-state index contributed by atoms with van der Waals surface area (Å²) >= 11 is 0. The zero-order valence-corrected chi connectivity index (χ0v) is 9.51. The van der Waals surface area contributed by atoms with Gasteiger partial charge in [0, 0.05) is 5.56 Å². The van der Waals surface area contributed by atoms with E-state index in [9.17, 15) is 14.7 Å². The van der Waals surface area contributed by atoms with E-state index in [1.165, 1.54) is 12.1 Å². The van der Waals surface area contributed by atoms with Gasteiger partial charge in [0.05, 0.1) is 5.56 Å². The Bertz CT molecular complexity index is 589. The summed E-state index contributed by atoms with van der Waals surface area (Å²) in [4.78, 5) is 22.5. The summed E-state index contributed by atoms with van der Waals surface area (Å²) in [6, 6.07) is 10.0. The maximum atomic E-state index is 11.8. The van der Waals surface area contributed by atoms with Crippen LogP contribution in [0.25, 0.3) is 10.8 Å². The Balaban J connectivity index is 2.52. The second kappa shape index (κ2) is 5.42. The Kier molecular flexibility index (Phi) is 3.69. The molecule has 2 aromatic carbocycles. The topological polar surface area (TPSA) is 63.3 Å². The molecular weight excluding hydrogens is 232 g/mol. The minimum absolute atomic E-state index is 0.158. The normalized spacial score (nSPS) is 10.3. The van der Waals surface area contributed by atoms with Crippen molar-refractivity contribution in [2.24, 2.45) is 0 Å². The van der Waals surface area contributed by atoms with Gasteiger partial charge in [-0.25, -0.2) is 9.90 Å². The van der Waals surface area contributed by atoms with E-state index < -0.39 is 12.6 Å². The number of carbonyl (C=O) groups excluding carboxylic acids is 2. The fourth-order valence-electron chi connectivity index (χ4n) is 1.78. The highest BCUT2D eigenvalue weighted by molar-refractivity contribution is 6.09. The molecule has 0 unspecified atom stereocenters. The molecule has 0 heterocycles. The third-order valence-corrected chi connectivity index (χ3v) is 2.57. The molecule has 0 aliphatic carbocycles. The number of hydrogen-bond donors (Lipinski definition) is 0. The van der Waals surface area contributed by atoms with Crippen molar-refractivity contribution in [2.75, 3.05) is 13.2 Å². The first-order chi connectivity index (χ1) is 8.77. The number of ether oxygens (including phenoxy) is 1. The highest BCUT2D eigenvalue weighted by Crippen LogP contribution is 2.22. The summed E-state index contributed by atoms with van der Waals surface area (Å²) in [5.74, 6) is -0.556. The lowest BCUT2D eigenvalue weighted by molar-refractivity contribution is 0.0367. The smallest absolute Gasteiger partial charge is 0.338 e. The fraction of sp³-hybridized carbons (Fsp3) is 0.143. The fourth-order valence-corrected chi connectivity index (χ4v) is 1.78. The minimum Gasteiger partial charge on any atom is -0.459 e. The number of fused-ring (bicyclic) bond motifs is 1. The largest absolute Gasteiger partial charge is 0.459 e. The second-order valence-corrected chi connectivity index (χ2v) is 3.65. The van der Waals surface area contributed by atoms with Gasteiger partial charge in [0.25, 0.3) is 0 Å². The molecule has 0 bridgehead atoms. The predicted molar refractivity (Wildman–Crippen MR) is 64.6 cm³/mol. The van der Waals surface area contributed by atoms with Gasteiger partial charge in [-0.2, -0.15) is 0 Å². The predicted octanol–water partition coefficient (Wildman–Crippen LogP) is 1.88. The first-order valence-electron chi connectivity index (χ1n) is 5.43. The van der Waals surface area contributed by atoms with E-state index in [-0.39, 0.29) is 6.61 Å². The van der Waals surface area contributed by atoms with Crippen LogP contribution in [0.4, 0.5) is 0 Å². The minimum atomic E-state index is -0.556. The van der Waals surface area contributed by atoms with Crippen molar-refractivity contribution in [2.45, 2.75) is 0 Å². The average Bonchev–Trinajstić information content (AvgIpc) is 2.43. The number of hydrogen-bond acceptors (Lipinski definition) is 3. The van der Waals surface area contributed by atoms with Gasteiger partial charge in [0.15, 0.2) is 0 Å². The van der Waals surface area contributed by atoms with Gasteiger partial charge in [0.1, 0.15) is 13.2 Å². The van der Waals surface area contributed by atoms with Crippen molar-refractivity contribution in [1.29, 1.82) is 0 Å². The zero-order valence-electron chi connectivity index (χ0n) is 9.51. The van der Waals surface area contributed by atoms with Crippen LogP contribution in [0.2, 0.25) is 0 Å². The molecule has 0 N–H and O–H groups in total. The van der Waals surface area contributed by atoms with Gasteiger partial charge in [-0.3, -0.25) is 4.79 Å². The van der Waals surface area contributed by atoms with Crippen molar-refractivity contribution in [1.82, 2.24) is 0 Å². The molecule has 0 saturated carbocycles. The van der Waals surface area contributed by atoms with Gasteiger partial charge >= 0.3 is 5.97 Å². The molecule has 0 aliphatic rings. The van der Waals surface area contributed by atoms with Crippen molar-refractivity contribution < 1.29 is 19.4 Å². The lowest BCUT2D eigenvalue weighted by atomic mass is 10.0. The van der Waals surface area contributed by atoms with E-state index in [4.69, 9.17) is 4.74 Å². The molecule has 0 spiro atoms. The van der Waals surface area contributed by atoms with Crippen LogP contribution in [-0.2, 0) is 14.6 Å². The summed E-state index contributed by atoms with van der Waals surface area (Å²) in [6.45, 7) is -0.626. The average molecular weight is 242 g/mol. The van der Waals surface area contributed by atoms with E-state index in [0.717, 1.165) is 0 Å². The SMILES string of the molecule is [O]CCOC(=O)c1ccc([C]=O)c2ccccc12. The van der Waals surface area contributed by atoms with E-state index in [1.54, 1.807) is 24.3 Å². The second-order valence-electron chi connectivity index (χ2n) is 3.65. The Hall–Kier alpha value is -2.20. The molecule has 2 radical (unpaired) electrons. The summed E-state index contributed by atoms with van der Waals surface area (Å²) in [6.07, 6.45) is 1.83. The molecule has 4 heteroatoms. The quantitative estimate of drug-likeness (QED) is 0.769. The Morgan fingerprint density at radius 3 is 2.50 bits per heavy atom. The van der Waals surface area contributed by atoms with E-state index in [2.05, 4.69) is 0 Å². The Morgan fingerprint density at radius 1 is 1.11 bits per heavy atom. The highest BCUT2D eigenvalue weighted by atomic mass is 16.5. The zero-order chi connectivity index (χ0) is 13.0. The highest BCUT2D eigenvalue weighted by Gasteiger charge is 2.13. The molecule has 90 valence electrons. The van der Waals surface area contributed by atoms with Crippen LogP contribution in [0.1, 0.15) is 15.9 Å². The molecular formula is C14H10O4. The number of rotatable bonds is 4. The van der Waals surface area contributed by atoms with Gasteiger partial charge in [-0.1, -0.05) is 24.3 Å². The molecule has 2 aromatic rings. The lowest BCUT2D eigenvalue weighted by Crippen LogP contribution is -2.09. The first-order valence-corrected chi connectivity index (χ1v) is 5.43. The maximum Gasteiger partial charge on any atom is 0.338 e. The standard InChI is InChI=1S/C14H10O4/c15-7-8-18-14(17)13-6-5-10(9-16)11-3-1-2-4-12(11)13/h1-6H,7-8H2. The Labute approximate surface area is 104 Å². The molecule has 0 aromatic heterocycles. The molecule has 0 atom stereocenters. The molecule has 2 rings (SSSR count). The summed E-state index contributed by atoms with van der Waals surface area (Å²) in [5.41, 5.74) is 0.740. The van der Waals surface area contributed by atoms with Crippen LogP contribution in [-0.4, -0.2) is 25.5 Å². The van der Waals surface area contributed by atoms with E-state index in [0.29, 0.717) is 21.9 Å². The van der Waals surface area contributed by atoms with Crippen molar-refractivity contribution >= 4 is 23.0 Å². The molecule has 0 fully saturated rings. The van der Waals surface area contributed by atoms with Crippen LogP contribution in [0.3, 0.4) is 0 Å². The first kappa shape index (κ1) is 12.3. The molecule has 18 heavy (non-hydrogen) atoms. The molecule has 4 nitrogen and oxygen atoms in total. The van der Waals surface area contributed by atoms with Crippen LogP contribution >= 0.6 is 0 Å². The maximum absolute atomic E-state index is 11.8. The number of esters is 1. The lowest BCUT2D eigenvalue weighted by Gasteiger charge is -2.07. The summed E-state index contributed by atoms with van der Waals surface area (Å²) in [5, 5.41) is 11.6. The van der Waals surface area contributed by atoms with Gasteiger partial charge < -0.3 is 4.74 Å². The molecule has 0 aliphatic heterocycles. The van der Waals surface area contributed by atoms with E-state index >= 15 is 0 Å². The number of carbonyl (C=O) groups is 1. The van der Waals surface area contributed by atoms with Crippen LogP contribution in [0.15, 0.2) is 36.4 Å². The Morgan fingerprint density at radius 2 is 1.83 bits per heavy atom. The third kappa shape index (κ3) is 2.24. The van der Waals surface area contributed by atoms with Gasteiger partial charge in [-0.05, 0) is 22.9 Å². The van der Waals surface area contributed by atoms with Gasteiger partial charge in [-0.15, -0.1) is 0 Å². The third-order valence-electron chi connectivity index (χ3n) is 2.57. The summed E-state index contributed by atoms with van der Waals surface area (Å²) < 4.78 is 4.81. The van der Waals surface area contributed by atoms with Gasteiger partial charge in [0.2, 0.25) is 6.29 Å². The molecule has 0 saturated heterocycles. The van der Waals surface area contributed by atoms with E-state index in [1.807, 2.05) is 6.29 Å². The van der Waals surface area contributed by atoms with Crippen LogP contribution in [0, 0.1) is 0 Å².